The van der Waals surface area contributed by atoms with E-state index >= 15 is 0 Å². The second-order valence-corrected chi connectivity index (χ2v) is 3.12. The number of allylic oxidation sites excluding steroid dienone is 3. The number of rotatable bonds is 3. The van der Waals surface area contributed by atoms with E-state index in [2.05, 4.69) is 17.6 Å². The van der Waals surface area contributed by atoms with Gasteiger partial charge in [0, 0.05) is 6.42 Å². The van der Waals surface area contributed by atoms with Crippen molar-refractivity contribution in [2.45, 2.75) is 27.2 Å². The van der Waals surface area contributed by atoms with Crippen molar-refractivity contribution in [3.8, 4) is 11.8 Å². The Labute approximate surface area is 83.7 Å². The fraction of sp³-hybridized carbons (Fsp3) is 0.455. The molecule has 2 N–H and O–H groups in total. The minimum atomic E-state index is -1.28. The summed E-state index contributed by atoms with van der Waals surface area (Å²) in [5, 5.41) is 0. The smallest absolute Gasteiger partial charge is 0.220 e. The molecule has 0 bridgehead atoms. The molecule has 0 aromatic carbocycles. The summed E-state index contributed by atoms with van der Waals surface area (Å²) in [7, 11) is 0. The zero-order valence-electron chi connectivity index (χ0n) is 8.70. The Bertz CT molecular complexity index is 301. The SMILES string of the molecule is CC#CCC(C)/C(C)=C/C(F)=C(\N)F. The molecule has 3 heteroatoms. The predicted molar refractivity (Wildman–Crippen MR) is 54.4 cm³/mol. The Morgan fingerprint density at radius 1 is 1.50 bits per heavy atom. The molecule has 0 amide bonds. The number of hydrogen-bond acceptors (Lipinski definition) is 1. The summed E-state index contributed by atoms with van der Waals surface area (Å²) < 4.78 is 24.9. The zero-order valence-corrected chi connectivity index (χ0v) is 8.70. The second kappa shape index (κ2) is 6.20. The van der Waals surface area contributed by atoms with Crippen molar-refractivity contribution < 1.29 is 8.78 Å². The molecule has 0 fully saturated rings. The van der Waals surface area contributed by atoms with E-state index in [1.54, 1.807) is 13.8 Å². The largest absolute Gasteiger partial charge is 0.373 e. The van der Waals surface area contributed by atoms with E-state index < -0.39 is 11.8 Å². The lowest BCUT2D eigenvalue weighted by Crippen LogP contribution is -1.97. The van der Waals surface area contributed by atoms with E-state index in [9.17, 15) is 8.78 Å². The van der Waals surface area contributed by atoms with E-state index in [0.29, 0.717) is 6.42 Å². The van der Waals surface area contributed by atoms with Gasteiger partial charge in [0.15, 0.2) is 5.83 Å². The minimum absolute atomic E-state index is 0.104. The van der Waals surface area contributed by atoms with E-state index in [0.717, 1.165) is 11.6 Å². The fourth-order valence-corrected chi connectivity index (χ4v) is 0.827. The summed E-state index contributed by atoms with van der Waals surface area (Å²) in [5.41, 5.74) is 5.38. The highest BCUT2D eigenvalue weighted by molar-refractivity contribution is 5.20. The lowest BCUT2D eigenvalue weighted by atomic mass is 9.99. The van der Waals surface area contributed by atoms with Gasteiger partial charge in [0.25, 0.3) is 0 Å². The first-order chi connectivity index (χ1) is 6.49. The van der Waals surface area contributed by atoms with Crippen LogP contribution in [0.15, 0.2) is 23.4 Å². The van der Waals surface area contributed by atoms with E-state index in [4.69, 9.17) is 0 Å². The average Bonchev–Trinajstić information content (AvgIpc) is 2.13. The van der Waals surface area contributed by atoms with Gasteiger partial charge in [-0.05, 0) is 25.8 Å². The highest BCUT2D eigenvalue weighted by Crippen LogP contribution is 2.17. The van der Waals surface area contributed by atoms with Crippen LogP contribution in [0.5, 0.6) is 0 Å². The number of halogens is 2. The molecule has 1 nitrogen and oxygen atoms in total. The molecule has 0 heterocycles. The second-order valence-electron chi connectivity index (χ2n) is 3.12. The van der Waals surface area contributed by atoms with Crippen LogP contribution in [-0.4, -0.2) is 0 Å². The van der Waals surface area contributed by atoms with E-state index in [1.807, 2.05) is 6.92 Å². The maximum Gasteiger partial charge on any atom is 0.220 e. The van der Waals surface area contributed by atoms with Crippen molar-refractivity contribution in [3.05, 3.63) is 23.4 Å². The molecule has 14 heavy (non-hydrogen) atoms. The Morgan fingerprint density at radius 2 is 2.07 bits per heavy atom. The summed E-state index contributed by atoms with van der Waals surface area (Å²) in [4.78, 5) is 0. The third kappa shape index (κ3) is 4.66. The van der Waals surface area contributed by atoms with Crippen molar-refractivity contribution in [1.82, 2.24) is 0 Å². The van der Waals surface area contributed by atoms with Crippen molar-refractivity contribution in [2.24, 2.45) is 11.7 Å². The molecule has 78 valence electrons. The van der Waals surface area contributed by atoms with Crippen LogP contribution >= 0.6 is 0 Å². The van der Waals surface area contributed by atoms with Gasteiger partial charge in [-0.3, -0.25) is 0 Å². The first kappa shape index (κ1) is 12.7. The molecule has 0 radical (unpaired) electrons. The van der Waals surface area contributed by atoms with Gasteiger partial charge in [0.1, 0.15) is 0 Å². The highest BCUT2D eigenvalue weighted by Gasteiger charge is 2.05. The van der Waals surface area contributed by atoms with Gasteiger partial charge in [-0.25, -0.2) is 4.39 Å². The molecule has 0 aromatic heterocycles. The lowest BCUT2D eigenvalue weighted by Gasteiger charge is -2.07. The molecular formula is C11H15F2N. The third-order valence-electron chi connectivity index (χ3n) is 1.94. The minimum Gasteiger partial charge on any atom is -0.373 e. The quantitative estimate of drug-likeness (QED) is 0.422. The van der Waals surface area contributed by atoms with Crippen LogP contribution in [0.3, 0.4) is 0 Å². The monoisotopic (exact) mass is 199 g/mol. The van der Waals surface area contributed by atoms with Gasteiger partial charge in [0.2, 0.25) is 5.95 Å². The van der Waals surface area contributed by atoms with Crippen molar-refractivity contribution in [3.63, 3.8) is 0 Å². The van der Waals surface area contributed by atoms with Crippen LogP contribution in [-0.2, 0) is 0 Å². The van der Waals surface area contributed by atoms with Crippen LogP contribution in [0.4, 0.5) is 8.78 Å². The molecule has 1 atom stereocenters. The summed E-state index contributed by atoms with van der Waals surface area (Å²) in [6.07, 6.45) is 1.75. The van der Waals surface area contributed by atoms with Crippen LogP contribution in [0.2, 0.25) is 0 Å². The van der Waals surface area contributed by atoms with Gasteiger partial charge in [-0.2, -0.15) is 4.39 Å². The first-order valence-corrected chi connectivity index (χ1v) is 4.37. The Morgan fingerprint density at radius 3 is 2.50 bits per heavy atom. The van der Waals surface area contributed by atoms with Crippen molar-refractivity contribution >= 4 is 0 Å². The van der Waals surface area contributed by atoms with Gasteiger partial charge >= 0.3 is 0 Å². The zero-order chi connectivity index (χ0) is 11.1. The van der Waals surface area contributed by atoms with Crippen LogP contribution in [0.25, 0.3) is 0 Å². The molecule has 0 aliphatic rings. The van der Waals surface area contributed by atoms with Crippen molar-refractivity contribution in [1.29, 1.82) is 0 Å². The van der Waals surface area contributed by atoms with E-state index in [1.165, 1.54) is 0 Å². The van der Waals surface area contributed by atoms with Gasteiger partial charge in [-0.1, -0.05) is 12.5 Å². The summed E-state index contributed by atoms with van der Waals surface area (Å²) in [5.74, 6) is 3.43. The molecule has 1 unspecified atom stereocenters. The molecule has 0 saturated carbocycles. The molecule has 0 saturated heterocycles. The number of nitrogens with two attached hydrogens (primary N) is 1. The Kier molecular flexibility index (Phi) is 5.62. The van der Waals surface area contributed by atoms with Crippen LogP contribution in [0, 0.1) is 17.8 Å². The molecule has 0 rings (SSSR count). The van der Waals surface area contributed by atoms with E-state index in [-0.39, 0.29) is 5.92 Å². The van der Waals surface area contributed by atoms with Gasteiger partial charge in [-0.15, -0.1) is 11.8 Å². The van der Waals surface area contributed by atoms with Gasteiger partial charge in [0.05, 0.1) is 0 Å². The third-order valence-corrected chi connectivity index (χ3v) is 1.94. The summed E-state index contributed by atoms with van der Waals surface area (Å²) >= 11 is 0. The standard InChI is InChI=1S/C11H15F2N/c1-4-5-6-8(2)9(3)7-10(12)11(13)14/h7-8H,6,14H2,1-3H3/b9-7+,11-10+. The Balaban J connectivity index is 4.50. The predicted octanol–water partition coefficient (Wildman–Crippen LogP) is 3.05. The highest BCUT2D eigenvalue weighted by atomic mass is 19.2. The molecule has 0 aliphatic heterocycles. The first-order valence-electron chi connectivity index (χ1n) is 4.37. The number of hydrogen-bond donors (Lipinski definition) is 1. The lowest BCUT2D eigenvalue weighted by molar-refractivity contribution is 0.543. The Hall–Kier alpha value is -1.30. The van der Waals surface area contributed by atoms with Crippen LogP contribution < -0.4 is 5.73 Å². The average molecular weight is 199 g/mol. The van der Waals surface area contributed by atoms with Crippen molar-refractivity contribution in [2.75, 3.05) is 0 Å². The van der Waals surface area contributed by atoms with Crippen LogP contribution in [0.1, 0.15) is 27.2 Å². The molecule has 0 spiro atoms. The summed E-state index contributed by atoms with van der Waals surface area (Å²) in [6.45, 7) is 5.37. The maximum absolute atomic E-state index is 12.7. The summed E-state index contributed by atoms with van der Waals surface area (Å²) in [6, 6.07) is 0. The molecule has 0 aromatic rings. The molecular weight excluding hydrogens is 184 g/mol. The molecule has 0 aliphatic carbocycles. The topological polar surface area (TPSA) is 26.0 Å². The maximum atomic E-state index is 12.7. The fourth-order valence-electron chi connectivity index (χ4n) is 0.827. The van der Waals surface area contributed by atoms with Gasteiger partial charge < -0.3 is 5.73 Å². The normalized spacial score (nSPS) is 15.4.